The topological polar surface area (TPSA) is 92.8 Å². The minimum Gasteiger partial charge on any atom is -0.456 e. The van der Waals surface area contributed by atoms with Crippen LogP contribution in [0.25, 0.3) is 0 Å². The molecule has 1 aromatic carbocycles. The number of amides is 3. The number of hydrogen-bond acceptors (Lipinski definition) is 5. The highest BCUT2D eigenvalue weighted by Gasteiger charge is 2.46. The van der Waals surface area contributed by atoms with Crippen LogP contribution in [0.15, 0.2) is 36.4 Å². The van der Waals surface area contributed by atoms with Crippen molar-refractivity contribution >= 4 is 23.7 Å². The van der Waals surface area contributed by atoms with Gasteiger partial charge in [0.25, 0.3) is 5.91 Å². The summed E-state index contributed by atoms with van der Waals surface area (Å²) in [5, 5.41) is 2.65. The van der Waals surface area contributed by atoms with E-state index in [-0.39, 0.29) is 48.5 Å². The third-order valence-corrected chi connectivity index (χ3v) is 5.25. The number of carbonyl (C=O) groups is 4. The molecule has 1 aliphatic carbocycles. The van der Waals surface area contributed by atoms with Gasteiger partial charge < -0.3 is 10.1 Å². The van der Waals surface area contributed by atoms with Crippen molar-refractivity contribution in [2.45, 2.75) is 32.2 Å². The van der Waals surface area contributed by atoms with Gasteiger partial charge in [-0.05, 0) is 37.5 Å². The van der Waals surface area contributed by atoms with E-state index in [2.05, 4.69) is 5.32 Å². The van der Waals surface area contributed by atoms with Crippen LogP contribution >= 0.6 is 0 Å². The highest BCUT2D eigenvalue weighted by molar-refractivity contribution is 6.05. The lowest BCUT2D eigenvalue weighted by Gasteiger charge is -2.15. The van der Waals surface area contributed by atoms with Gasteiger partial charge in [-0.3, -0.25) is 24.1 Å². The van der Waals surface area contributed by atoms with E-state index in [0.717, 1.165) is 4.90 Å². The van der Waals surface area contributed by atoms with E-state index in [9.17, 15) is 23.6 Å². The summed E-state index contributed by atoms with van der Waals surface area (Å²) in [6, 6.07) is 5.34. The third-order valence-electron chi connectivity index (χ3n) is 5.25. The van der Waals surface area contributed by atoms with Gasteiger partial charge in [-0.2, -0.15) is 0 Å². The molecule has 1 N–H and O–H groups in total. The smallest absolute Gasteiger partial charge is 0.308 e. The van der Waals surface area contributed by atoms with E-state index in [4.69, 9.17) is 4.74 Å². The third kappa shape index (κ3) is 4.88. The summed E-state index contributed by atoms with van der Waals surface area (Å²) >= 11 is 0. The van der Waals surface area contributed by atoms with Crippen molar-refractivity contribution in [3.05, 3.63) is 47.8 Å². The number of ether oxygens (including phenoxy) is 1. The molecule has 1 saturated heterocycles. The summed E-state index contributed by atoms with van der Waals surface area (Å²) in [7, 11) is 0. The van der Waals surface area contributed by atoms with Crippen molar-refractivity contribution in [2.24, 2.45) is 11.8 Å². The molecule has 3 atom stereocenters. The molecule has 0 spiro atoms. The predicted molar refractivity (Wildman–Crippen MR) is 101 cm³/mol. The first-order chi connectivity index (χ1) is 13.9. The Labute approximate surface area is 167 Å². The standard InChI is InChI=1S/C21H23FN2O5/c1-13(14-6-8-15(22)9-7-14)23-18(25)12-29-19(26)10-11-24-20(27)16-4-2-3-5-17(16)21(24)28/h2-3,6-9,13,16-17H,4-5,10-12H2,1H3,(H,23,25)/t13-,16-,17-/m0/s1. The number of benzene rings is 1. The number of nitrogens with one attached hydrogen (secondary N) is 1. The SMILES string of the molecule is C[C@H](NC(=O)COC(=O)CCN1C(=O)[C@H]2CC=CC[C@@H]2C1=O)c1ccc(F)cc1. The summed E-state index contributed by atoms with van der Waals surface area (Å²) in [5.41, 5.74) is 0.716. The number of hydrogen-bond donors (Lipinski definition) is 1. The monoisotopic (exact) mass is 402 g/mol. The second-order valence-electron chi connectivity index (χ2n) is 7.24. The van der Waals surface area contributed by atoms with Gasteiger partial charge in [-0.1, -0.05) is 24.3 Å². The molecule has 29 heavy (non-hydrogen) atoms. The average molecular weight is 402 g/mol. The zero-order chi connectivity index (χ0) is 21.0. The highest BCUT2D eigenvalue weighted by atomic mass is 19.1. The van der Waals surface area contributed by atoms with Gasteiger partial charge in [0, 0.05) is 6.54 Å². The van der Waals surface area contributed by atoms with Crippen molar-refractivity contribution in [3.63, 3.8) is 0 Å². The highest BCUT2D eigenvalue weighted by Crippen LogP contribution is 2.34. The number of nitrogens with zero attached hydrogens (tertiary/aromatic N) is 1. The van der Waals surface area contributed by atoms with Gasteiger partial charge >= 0.3 is 5.97 Å². The molecular weight excluding hydrogens is 379 g/mol. The number of halogens is 1. The molecule has 3 rings (SSSR count). The fourth-order valence-electron chi connectivity index (χ4n) is 3.63. The van der Waals surface area contributed by atoms with Crippen LogP contribution in [0, 0.1) is 17.7 Å². The summed E-state index contributed by atoms with van der Waals surface area (Å²) in [6.07, 6.45) is 4.72. The molecule has 0 unspecified atom stereocenters. The second kappa shape index (κ2) is 8.98. The molecule has 1 aromatic rings. The number of fused-ring (bicyclic) bond motifs is 1. The van der Waals surface area contributed by atoms with Crippen LogP contribution in [-0.2, 0) is 23.9 Å². The Bertz CT molecular complexity index is 810. The Kier molecular flexibility index (Phi) is 6.41. The largest absolute Gasteiger partial charge is 0.456 e. The van der Waals surface area contributed by atoms with Crippen LogP contribution in [0.4, 0.5) is 4.39 Å². The Hall–Kier alpha value is -3.03. The van der Waals surface area contributed by atoms with Crippen molar-refractivity contribution in [3.8, 4) is 0 Å². The van der Waals surface area contributed by atoms with Crippen molar-refractivity contribution in [1.82, 2.24) is 10.2 Å². The van der Waals surface area contributed by atoms with Crippen LogP contribution in [0.3, 0.4) is 0 Å². The fraction of sp³-hybridized carbons (Fsp3) is 0.429. The molecule has 1 fully saturated rings. The number of allylic oxidation sites excluding steroid dienone is 2. The van der Waals surface area contributed by atoms with Crippen LogP contribution < -0.4 is 5.32 Å². The molecule has 154 valence electrons. The van der Waals surface area contributed by atoms with Crippen LogP contribution in [-0.4, -0.2) is 41.7 Å². The molecule has 2 aliphatic rings. The number of esters is 1. The quantitative estimate of drug-likeness (QED) is 0.427. The van der Waals surface area contributed by atoms with Gasteiger partial charge in [-0.25, -0.2) is 4.39 Å². The molecule has 1 aliphatic heterocycles. The molecule has 1 heterocycles. The average Bonchev–Trinajstić information content (AvgIpc) is 2.95. The van der Waals surface area contributed by atoms with Crippen LogP contribution in [0.2, 0.25) is 0 Å². The van der Waals surface area contributed by atoms with Gasteiger partial charge in [-0.15, -0.1) is 0 Å². The second-order valence-corrected chi connectivity index (χ2v) is 7.24. The lowest BCUT2D eigenvalue weighted by Crippen LogP contribution is -2.34. The Morgan fingerprint density at radius 3 is 2.31 bits per heavy atom. The van der Waals surface area contributed by atoms with E-state index in [1.807, 2.05) is 12.2 Å². The van der Waals surface area contributed by atoms with Crippen molar-refractivity contribution in [2.75, 3.05) is 13.2 Å². The molecule has 7 nitrogen and oxygen atoms in total. The number of carbonyl (C=O) groups excluding carboxylic acids is 4. The Morgan fingerprint density at radius 1 is 1.14 bits per heavy atom. The van der Waals surface area contributed by atoms with Crippen molar-refractivity contribution < 1.29 is 28.3 Å². The van der Waals surface area contributed by atoms with E-state index in [1.54, 1.807) is 19.1 Å². The zero-order valence-corrected chi connectivity index (χ0v) is 16.1. The zero-order valence-electron chi connectivity index (χ0n) is 16.1. The first-order valence-corrected chi connectivity index (χ1v) is 9.57. The van der Waals surface area contributed by atoms with E-state index < -0.39 is 18.5 Å². The lowest BCUT2D eigenvalue weighted by atomic mass is 9.85. The van der Waals surface area contributed by atoms with Gasteiger partial charge in [0.15, 0.2) is 6.61 Å². The molecule has 0 radical (unpaired) electrons. The summed E-state index contributed by atoms with van der Waals surface area (Å²) < 4.78 is 17.9. The summed E-state index contributed by atoms with van der Waals surface area (Å²) in [5.74, 6) is -2.69. The van der Waals surface area contributed by atoms with Gasteiger partial charge in [0.1, 0.15) is 5.82 Å². The van der Waals surface area contributed by atoms with Crippen molar-refractivity contribution in [1.29, 1.82) is 0 Å². The molecular formula is C21H23FN2O5. The van der Waals surface area contributed by atoms with E-state index in [1.165, 1.54) is 12.1 Å². The summed E-state index contributed by atoms with van der Waals surface area (Å²) in [6.45, 7) is 1.21. The molecule has 3 amide bonds. The number of rotatable bonds is 7. The van der Waals surface area contributed by atoms with Gasteiger partial charge in [0.05, 0.1) is 24.3 Å². The molecule has 0 bridgehead atoms. The minimum atomic E-state index is -0.664. The van der Waals surface area contributed by atoms with Crippen LogP contribution in [0.1, 0.15) is 37.8 Å². The number of imide groups is 1. The van der Waals surface area contributed by atoms with E-state index in [0.29, 0.717) is 18.4 Å². The minimum absolute atomic E-state index is 0.0445. The molecule has 0 aromatic heterocycles. The van der Waals surface area contributed by atoms with E-state index >= 15 is 0 Å². The Balaban J connectivity index is 1.41. The number of likely N-dealkylation sites (tertiary alicyclic amines) is 1. The maximum Gasteiger partial charge on any atom is 0.308 e. The molecule has 0 saturated carbocycles. The first-order valence-electron chi connectivity index (χ1n) is 9.57. The lowest BCUT2D eigenvalue weighted by molar-refractivity contribution is -0.150. The van der Waals surface area contributed by atoms with Crippen LogP contribution in [0.5, 0.6) is 0 Å². The maximum absolute atomic E-state index is 12.9. The normalized spacial score (nSPS) is 21.7. The maximum atomic E-state index is 12.9. The first kappa shape index (κ1) is 20.7. The predicted octanol–water partition coefficient (Wildman–Crippen LogP) is 1.89. The Morgan fingerprint density at radius 2 is 1.72 bits per heavy atom. The fourth-order valence-corrected chi connectivity index (χ4v) is 3.63. The van der Waals surface area contributed by atoms with Gasteiger partial charge in [0.2, 0.25) is 11.8 Å². The summed E-state index contributed by atoms with van der Waals surface area (Å²) in [4.78, 5) is 49.7. The molecule has 8 heteroatoms.